The average molecular weight is 266 g/mol. The fraction of sp³-hybridized carbons (Fsp3) is 0.0588. The summed E-state index contributed by atoms with van der Waals surface area (Å²) in [7, 11) is 0. The zero-order valence-electron chi connectivity index (χ0n) is 10.8. The predicted molar refractivity (Wildman–Crippen MR) is 74.9 cm³/mol. The molecule has 0 atom stereocenters. The van der Waals surface area contributed by atoms with Crippen molar-refractivity contribution in [3.8, 4) is 0 Å². The number of rotatable bonds is 3. The van der Waals surface area contributed by atoms with E-state index in [1.807, 2.05) is 42.7 Å². The Morgan fingerprint density at radius 2 is 1.65 bits per heavy atom. The molecule has 0 bridgehead atoms. The van der Waals surface area contributed by atoms with E-state index in [1.165, 1.54) is 12.1 Å². The molecule has 20 heavy (non-hydrogen) atoms. The first kappa shape index (κ1) is 12.5. The van der Waals surface area contributed by atoms with Gasteiger partial charge in [-0.3, -0.25) is 4.79 Å². The molecule has 98 valence electrons. The van der Waals surface area contributed by atoms with Crippen LogP contribution in [0.3, 0.4) is 0 Å². The summed E-state index contributed by atoms with van der Waals surface area (Å²) in [5.74, 6) is -0.706. The van der Waals surface area contributed by atoms with E-state index in [4.69, 9.17) is 0 Å². The highest BCUT2D eigenvalue weighted by atomic mass is 19.1. The predicted octanol–water partition coefficient (Wildman–Crippen LogP) is 3.15. The summed E-state index contributed by atoms with van der Waals surface area (Å²) in [6.45, 7) is 0.131. The molecule has 0 aliphatic heterocycles. The topological polar surface area (TPSA) is 20.9 Å². The smallest absolute Gasteiger partial charge is 0.230 e. The van der Waals surface area contributed by atoms with Gasteiger partial charge in [0, 0.05) is 11.5 Å². The lowest BCUT2D eigenvalue weighted by Gasteiger charge is -2.01. The first-order chi connectivity index (χ1) is 9.74. The van der Waals surface area contributed by atoms with Gasteiger partial charge in [0.2, 0.25) is 12.3 Å². The van der Waals surface area contributed by atoms with E-state index >= 15 is 0 Å². The second-order valence-corrected chi connectivity index (χ2v) is 4.65. The second-order valence-electron chi connectivity index (χ2n) is 4.65. The number of aromatic nitrogens is 1. The van der Waals surface area contributed by atoms with Crippen molar-refractivity contribution >= 4 is 16.6 Å². The molecular formula is C17H13FNO+. The number of carbonyl (C=O) groups is 1. The van der Waals surface area contributed by atoms with E-state index in [1.54, 1.807) is 16.7 Å². The van der Waals surface area contributed by atoms with Crippen molar-refractivity contribution in [2.24, 2.45) is 0 Å². The number of benzene rings is 2. The van der Waals surface area contributed by atoms with Crippen LogP contribution in [0.25, 0.3) is 10.8 Å². The molecule has 0 spiro atoms. The largest absolute Gasteiger partial charge is 0.287 e. The normalized spacial score (nSPS) is 10.7. The minimum absolute atomic E-state index is 0.131. The zero-order valence-corrected chi connectivity index (χ0v) is 10.8. The molecular weight excluding hydrogens is 253 g/mol. The third-order valence-electron chi connectivity index (χ3n) is 3.25. The van der Waals surface area contributed by atoms with Crippen LogP contribution >= 0.6 is 0 Å². The third-order valence-corrected chi connectivity index (χ3v) is 3.25. The van der Waals surface area contributed by atoms with Gasteiger partial charge in [0.15, 0.2) is 12.4 Å². The Morgan fingerprint density at radius 3 is 2.45 bits per heavy atom. The lowest BCUT2D eigenvalue weighted by atomic mass is 10.1. The zero-order chi connectivity index (χ0) is 13.9. The number of Topliss-reactive ketones (excluding diaryl/α,β-unsaturated/α-hetero) is 1. The molecule has 0 aliphatic rings. The van der Waals surface area contributed by atoms with Gasteiger partial charge in [-0.15, -0.1) is 0 Å². The number of hydrogen-bond donors (Lipinski definition) is 0. The van der Waals surface area contributed by atoms with Gasteiger partial charge in [0.05, 0.1) is 5.56 Å². The van der Waals surface area contributed by atoms with Crippen LogP contribution in [0.2, 0.25) is 0 Å². The van der Waals surface area contributed by atoms with Crippen molar-refractivity contribution in [1.29, 1.82) is 0 Å². The van der Waals surface area contributed by atoms with Gasteiger partial charge in [0.25, 0.3) is 0 Å². The summed E-state index contributed by atoms with van der Waals surface area (Å²) in [5, 5.41) is 2.17. The summed E-state index contributed by atoms with van der Waals surface area (Å²) < 4.78 is 15.3. The highest BCUT2D eigenvalue weighted by Crippen LogP contribution is 2.10. The van der Waals surface area contributed by atoms with E-state index in [-0.39, 0.29) is 17.9 Å². The first-order valence-corrected chi connectivity index (χ1v) is 6.39. The molecule has 0 aliphatic carbocycles. The van der Waals surface area contributed by atoms with Gasteiger partial charge < -0.3 is 0 Å². The van der Waals surface area contributed by atoms with Crippen molar-refractivity contribution in [3.05, 3.63) is 78.4 Å². The highest BCUT2D eigenvalue weighted by molar-refractivity contribution is 5.95. The quantitative estimate of drug-likeness (QED) is 0.527. The van der Waals surface area contributed by atoms with Gasteiger partial charge in [-0.05, 0) is 23.6 Å². The Bertz CT molecular complexity index is 783. The monoisotopic (exact) mass is 266 g/mol. The number of fused-ring (bicyclic) bond motifs is 1. The summed E-state index contributed by atoms with van der Waals surface area (Å²) in [5.41, 5.74) is 0.133. The van der Waals surface area contributed by atoms with Crippen LogP contribution in [0.15, 0.2) is 67.0 Å². The summed E-state index contributed by atoms with van der Waals surface area (Å²) in [6.07, 6.45) is 3.73. The lowest BCUT2D eigenvalue weighted by Crippen LogP contribution is -2.37. The molecule has 1 heterocycles. The first-order valence-electron chi connectivity index (χ1n) is 6.39. The van der Waals surface area contributed by atoms with Gasteiger partial charge in [-0.1, -0.05) is 30.3 Å². The molecule has 3 rings (SSSR count). The van der Waals surface area contributed by atoms with Crippen molar-refractivity contribution in [2.75, 3.05) is 0 Å². The Morgan fingerprint density at radius 1 is 0.950 bits per heavy atom. The molecule has 3 aromatic rings. The molecule has 0 saturated heterocycles. The SMILES string of the molecule is O=C(C[n+]1ccc2ccccc2c1)c1ccccc1F. The minimum Gasteiger partial charge on any atom is -0.287 e. The molecule has 0 unspecified atom stereocenters. The molecule has 0 amide bonds. The van der Waals surface area contributed by atoms with Crippen LogP contribution in [0.1, 0.15) is 10.4 Å². The van der Waals surface area contributed by atoms with Gasteiger partial charge in [-0.25, -0.2) is 4.39 Å². The van der Waals surface area contributed by atoms with Crippen LogP contribution in [-0.4, -0.2) is 5.78 Å². The number of carbonyl (C=O) groups excluding carboxylic acids is 1. The van der Waals surface area contributed by atoms with E-state index in [9.17, 15) is 9.18 Å². The van der Waals surface area contributed by atoms with Crippen LogP contribution in [0.5, 0.6) is 0 Å². The van der Waals surface area contributed by atoms with E-state index in [2.05, 4.69) is 0 Å². The van der Waals surface area contributed by atoms with Crippen LogP contribution < -0.4 is 4.57 Å². The van der Waals surface area contributed by atoms with Crippen molar-refractivity contribution < 1.29 is 13.8 Å². The number of halogens is 1. The van der Waals surface area contributed by atoms with Crippen molar-refractivity contribution in [3.63, 3.8) is 0 Å². The highest BCUT2D eigenvalue weighted by Gasteiger charge is 2.15. The molecule has 0 fully saturated rings. The Hall–Kier alpha value is -2.55. The van der Waals surface area contributed by atoms with Crippen LogP contribution in [-0.2, 0) is 6.54 Å². The Kier molecular flexibility index (Phi) is 3.25. The van der Waals surface area contributed by atoms with Crippen LogP contribution in [0, 0.1) is 5.82 Å². The van der Waals surface area contributed by atoms with E-state index < -0.39 is 5.82 Å². The van der Waals surface area contributed by atoms with Gasteiger partial charge >= 0.3 is 0 Å². The standard InChI is InChI=1S/C17H13FNO/c18-16-8-4-3-7-15(16)17(20)12-19-10-9-13-5-1-2-6-14(13)11-19/h1-11H,12H2/q+1. The maximum absolute atomic E-state index is 13.6. The lowest BCUT2D eigenvalue weighted by molar-refractivity contribution is -0.681. The molecule has 3 heteroatoms. The Labute approximate surface area is 116 Å². The third kappa shape index (κ3) is 2.43. The Balaban J connectivity index is 1.89. The fourth-order valence-electron chi connectivity index (χ4n) is 2.21. The van der Waals surface area contributed by atoms with Crippen LogP contribution in [0.4, 0.5) is 4.39 Å². The minimum atomic E-state index is -0.473. The summed E-state index contributed by atoms with van der Waals surface area (Å²) in [6, 6.07) is 15.9. The maximum atomic E-state index is 13.6. The van der Waals surface area contributed by atoms with Crippen molar-refractivity contribution in [2.45, 2.75) is 6.54 Å². The molecule has 0 saturated carbocycles. The van der Waals surface area contributed by atoms with Crippen molar-refractivity contribution in [1.82, 2.24) is 0 Å². The molecule has 0 radical (unpaired) electrons. The molecule has 2 aromatic carbocycles. The molecule has 1 aromatic heterocycles. The van der Waals surface area contributed by atoms with Gasteiger partial charge in [0.1, 0.15) is 5.82 Å². The number of pyridine rings is 1. The fourth-order valence-corrected chi connectivity index (χ4v) is 2.21. The number of ketones is 1. The molecule has 2 nitrogen and oxygen atoms in total. The summed E-state index contributed by atoms with van der Waals surface area (Å²) >= 11 is 0. The van der Waals surface area contributed by atoms with E-state index in [0.717, 1.165) is 10.8 Å². The molecule has 0 N–H and O–H groups in total. The van der Waals surface area contributed by atoms with Gasteiger partial charge in [-0.2, -0.15) is 4.57 Å². The number of hydrogen-bond acceptors (Lipinski definition) is 1. The number of nitrogens with zero attached hydrogens (tertiary/aromatic N) is 1. The second kappa shape index (κ2) is 5.21. The maximum Gasteiger partial charge on any atom is 0.230 e. The summed E-state index contributed by atoms with van der Waals surface area (Å²) in [4.78, 5) is 12.1. The average Bonchev–Trinajstić information content (AvgIpc) is 2.47. The van der Waals surface area contributed by atoms with E-state index in [0.29, 0.717) is 0 Å².